The summed E-state index contributed by atoms with van der Waals surface area (Å²) in [5.41, 5.74) is 8.26. The van der Waals surface area contributed by atoms with E-state index in [1.807, 2.05) is 24.0 Å². The zero-order valence-corrected chi connectivity index (χ0v) is 11.2. The Labute approximate surface area is 106 Å². The molecule has 0 atom stereocenters. The first-order chi connectivity index (χ1) is 7.89. The lowest BCUT2D eigenvalue weighted by Gasteiger charge is -2.30. The van der Waals surface area contributed by atoms with Crippen LogP contribution in [0.25, 0.3) is 0 Å². The lowest BCUT2D eigenvalue weighted by atomic mass is 10.1. The molecule has 1 aliphatic rings. The zero-order chi connectivity index (χ0) is 12.6. The topological polar surface area (TPSA) is 63.4 Å². The Morgan fingerprint density at radius 3 is 2.47 bits per heavy atom. The number of hydrogen-bond acceptors (Lipinski definition) is 4. The molecule has 0 bridgehead atoms. The summed E-state index contributed by atoms with van der Waals surface area (Å²) in [5, 5.41) is 0.513. The van der Waals surface area contributed by atoms with Crippen molar-refractivity contribution in [3.05, 3.63) is 22.7 Å². The molecule has 0 spiro atoms. The molecule has 17 heavy (non-hydrogen) atoms. The zero-order valence-electron chi connectivity index (χ0n) is 9.61. The molecule has 94 valence electrons. The Balaban J connectivity index is 2.27. The fraction of sp³-hybridized carbons (Fsp3) is 0.455. The summed E-state index contributed by atoms with van der Waals surface area (Å²) < 4.78 is 22.7. The van der Waals surface area contributed by atoms with Gasteiger partial charge in [-0.05, 0) is 24.6 Å². The number of aryl methyl sites for hydroxylation is 1. The molecule has 0 unspecified atom stereocenters. The standard InChI is InChI=1S/C11H15ClN2O2S/c1-8-6-10(13)9(12)7-11(8)14-2-4-17(15,16)5-3-14/h6-7H,2-5,13H2,1H3. The van der Waals surface area contributed by atoms with Gasteiger partial charge in [0.25, 0.3) is 0 Å². The summed E-state index contributed by atoms with van der Waals surface area (Å²) in [6.45, 7) is 2.98. The smallest absolute Gasteiger partial charge is 0.153 e. The van der Waals surface area contributed by atoms with Gasteiger partial charge in [0.05, 0.1) is 22.2 Å². The predicted molar refractivity (Wildman–Crippen MR) is 71.5 cm³/mol. The van der Waals surface area contributed by atoms with Crippen LogP contribution in [0.3, 0.4) is 0 Å². The summed E-state index contributed by atoms with van der Waals surface area (Å²) in [7, 11) is -2.85. The number of anilines is 2. The van der Waals surface area contributed by atoms with Crippen LogP contribution in [-0.4, -0.2) is 33.0 Å². The Morgan fingerprint density at radius 2 is 1.88 bits per heavy atom. The van der Waals surface area contributed by atoms with Crippen LogP contribution in [0.4, 0.5) is 11.4 Å². The SMILES string of the molecule is Cc1cc(N)c(Cl)cc1N1CCS(=O)(=O)CC1. The average Bonchev–Trinajstić information content (AvgIpc) is 2.24. The highest BCUT2D eigenvalue weighted by Gasteiger charge is 2.23. The van der Waals surface area contributed by atoms with Crippen LogP contribution in [0.5, 0.6) is 0 Å². The van der Waals surface area contributed by atoms with Gasteiger partial charge < -0.3 is 10.6 Å². The molecule has 0 amide bonds. The van der Waals surface area contributed by atoms with Crippen molar-refractivity contribution in [2.45, 2.75) is 6.92 Å². The Hall–Kier alpha value is -0.940. The second kappa shape index (κ2) is 4.38. The van der Waals surface area contributed by atoms with Crippen molar-refractivity contribution in [2.75, 3.05) is 35.2 Å². The second-order valence-corrected chi connectivity index (χ2v) is 7.01. The molecule has 0 aromatic heterocycles. The van der Waals surface area contributed by atoms with Crippen LogP contribution >= 0.6 is 11.6 Å². The third-order valence-corrected chi connectivity index (χ3v) is 4.94. The number of benzene rings is 1. The van der Waals surface area contributed by atoms with Gasteiger partial charge in [-0.3, -0.25) is 0 Å². The van der Waals surface area contributed by atoms with Crippen molar-refractivity contribution in [3.8, 4) is 0 Å². The first-order valence-corrected chi connectivity index (χ1v) is 7.60. The van der Waals surface area contributed by atoms with Crippen molar-refractivity contribution in [3.63, 3.8) is 0 Å². The second-order valence-electron chi connectivity index (χ2n) is 4.30. The summed E-state index contributed by atoms with van der Waals surface area (Å²) >= 11 is 5.99. The van der Waals surface area contributed by atoms with Crippen molar-refractivity contribution < 1.29 is 8.42 Å². The number of rotatable bonds is 1. The van der Waals surface area contributed by atoms with E-state index in [4.69, 9.17) is 17.3 Å². The fourth-order valence-corrected chi connectivity index (χ4v) is 3.35. The van der Waals surface area contributed by atoms with E-state index in [1.165, 1.54) is 0 Å². The van der Waals surface area contributed by atoms with Crippen LogP contribution in [0, 0.1) is 6.92 Å². The highest BCUT2D eigenvalue weighted by Crippen LogP contribution is 2.30. The number of nitrogens with zero attached hydrogens (tertiary/aromatic N) is 1. The molecule has 1 saturated heterocycles. The third-order valence-electron chi connectivity index (χ3n) is 3.00. The van der Waals surface area contributed by atoms with E-state index in [1.54, 1.807) is 0 Å². The molecule has 0 radical (unpaired) electrons. The van der Waals surface area contributed by atoms with Crippen molar-refractivity contribution in [2.24, 2.45) is 0 Å². The maximum atomic E-state index is 11.4. The molecular formula is C11H15ClN2O2S. The molecule has 1 fully saturated rings. The maximum Gasteiger partial charge on any atom is 0.153 e. The number of nitrogens with two attached hydrogens (primary N) is 1. The molecule has 2 rings (SSSR count). The summed E-state index contributed by atoms with van der Waals surface area (Å²) in [6.07, 6.45) is 0. The van der Waals surface area contributed by atoms with Gasteiger partial charge in [0, 0.05) is 18.8 Å². The van der Waals surface area contributed by atoms with E-state index >= 15 is 0 Å². The van der Waals surface area contributed by atoms with Gasteiger partial charge in [0.15, 0.2) is 9.84 Å². The first-order valence-electron chi connectivity index (χ1n) is 5.40. The molecular weight excluding hydrogens is 260 g/mol. The summed E-state index contributed by atoms with van der Waals surface area (Å²) in [4.78, 5) is 2.04. The molecule has 6 heteroatoms. The van der Waals surface area contributed by atoms with Crippen LogP contribution < -0.4 is 10.6 Å². The Bertz CT molecular complexity index is 529. The minimum absolute atomic E-state index is 0.203. The van der Waals surface area contributed by atoms with Crippen LogP contribution in [0.15, 0.2) is 12.1 Å². The predicted octanol–water partition coefficient (Wildman–Crippen LogP) is 1.47. The minimum atomic E-state index is -2.85. The van der Waals surface area contributed by atoms with E-state index in [2.05, 4.69) is 0 Å². The highest BCUT2D eigenvalue weighted by molar-refractivity contribution is 7.91. The van der Waals surface area contributed by atoms with Gasteiger partial charge in [0.2, 0.25) is 0 Å². The molecule has 1 heterocycles. The van der Waals surface area contributed by atoms with E-state index in [-0.39, 0.29) is 11.5 Å². The third kappa shape index (κ3) is 2.66. The monoisotopic (exact) mass is 274 g/mol. The van der Waals surface area contributed by atoms with Gasteiger partial charge in [-0.15, -0.1) is 0 Å². The largest absolute Gasteiger partial charge is 0.398 e. The molecule has 1 aliphatic heterocycles. The maximum absolute atomic E-state index is 11.4. The van der Waals surface area contributed by atoms with Gasteiger partial charge in [-0.25, -0.2) is 8.42 Å². The molecule has 0 aliphatic carbocycles. The normalized spacial score (nSPS) is 19.3. The molecule has 4 nitrogen and oxygen atoms in total. The van der Waals surface area contributed by atoms with Crippen molar-refractivity contribution in [1.82, 2.24) is 0 Å². The van der Waals surface area contributed by atoms with Gasteiger partial charge >= 0.3 is 0 Å². The molecule has 1 aromatic rings. The Morgan fingerprint density at radius 1 is 1.29 bits per heavy atom. The Kier molecular flexibility index (Phi) is 3.23. The van der Waals surface area contributed by atoms with Crippen LogP contribution in [0.2, 0.25) is 5.02 Å². The van der Waals surface area contributed by atoms with E-state index in [0.29, 0.717) is 23.8 Å². The van der Waals surface area contributed by atoms with E-state index in [9.17, 15) is 8.42 Å². The van der Waals surface area contributed by atoms with Crippen LogP contribution in [0.1, 0.15) is 5.56 Å². The van der Waals surface area contributed by atoms with Gasteiger partial charge in [0.1, 0.15) is 0 Å². The first kappa shape index (κ1) is 12.5. The van der Waals surface area contributed by atoms with Gasteiger partial charge in [-0.1, -0.05) is 11.6 Å². The fourth-order valence-electron chi connectivity index (χ4n) is 1.99. The molecule has 1 aromatic carbocycles. The summed E-state index contributed by atoms with van der Waals surface area (Å²) in [6, 6.07) is 3.63. The lowest BCUT2D eigenvalue weighted by Crippen LogP contribution is -2.40. The molecule has 0 saturated carbocycles. The average molecular weight is 275 g/mol. The number of hydrogen-bond donors (Lipinski definition) is 1. The van der Waals surface area contributed by atoms with Crippen LogP contribution in [-0.2, 0) is 9.84 Å². The summed E-state index contributed by atoms with van der Waals surface area (Å²) in [5.74, 6) is 0.406. The number of nitrogen functional groups attached to an aromatic ring is 1. The number of halogens is 1. The van der Waals surface area contributed by atoms with Gasteiger partial charge in [-0.2, -0.15) is 0 Å². The quantitative estimate of drug-likeness (QED) is 0.788. The van der Waals surface area contributed by atoms with E-state index in [0.717, 1.165) is 11.3 Å². The van der Waals surface area contributed by atoms with Crippen molar-refractivity contribution >= 4 is 32.8 Å². The lowest BCUT2D eigenvalue weighted by molar-refractivity contribution is 0.586. The van der Waals surface area contributed by atoms with E-state index < -0.39 is 9.84 Å². The minimum Gasteiger partial charge on any atom is -0.398 e. The number of sulfone groups is 1. The molecule has 2 N–H and O–H groups in total. The van der Waals surface area contributed by atoms with Crippen molar-refractivity contribution in [1.29, 1.82) is 0 Å². The highest BCUT2D eigenvalue weighted by atomic mass is 35.5.